The van der Waals surface area contributed by atoms with Gasteiger partial charge in [0.1, 0.15) is 10.8 Å². The standard InChI is InChI=1S/C12H15ClN4O/c1-4-8(2)17-12(13)9(7-18)11(15-17)10-5-6-14-16(10)3/h5-8H,4H2,1-3H3. The van der Waals surface area contributed by atoms with E-state index in [0.717, 1.165) is 18.4 Å². The number of aromatic nitrogens is 4. The zero-order valence-electron chi connectivity index (χ0n) is 10.6. The van der Waals surface area contributed by atoms with E-state index in [4.69, 9.17) is 11.6 Å². The van der Waals surface area contributed by atoms with Crippen molar-refractivity contribution in [2.45, 2.75) is 26.3 Å². The molecule has 0 amide bonds. The molecular weight excluding hydrogens is 252 g/mol. The third kappa shape index (κ3) is 1.95. The maximum Gasteiger partial charge on any atom is 0.155 e. The van der Waals surface area contributed by atoms with E-state index in [0.29, 0.717) is 16.4 Å². The molecule has 2 heterocycles. The predicted octanol–water partition coefficient (Wildman–Crippen LogP) is 2.72. The molecule has 0 aliphatic carbocycles. The fourth-order valence-corrected chi connectivity index (χ4v) is 2.13. The minimum atomic E-state index is 0.151. The summed E-state index contributed by atoms with van der Waals surface area (Å²) >= 11 is 6.21. The highest BCUT2D eigenvalue weighted by Gasteiger charge is 2.21. The summed E-state index contributed by atoms with van der Waals surface area (Å²) in [6.07, 6.45) is 3.31. The number of rotatable bonds is 4. The van der Waals surface area contributed by atoms with Gasteiger partial charge < -0.3 is 0 Å². The van der Waals surface area contributed by atoms with Gasteiger partial charge in [0.25, 0.3) is 0 Å². The van der Waals surface area contributed by atoms with Crippen LogP contribution in [0.15, 0.2) is 12.3 Å². The lowest BCUT2D eigenvalue weighted by Gasteiger charge is -2.09. The van der Waals surface area contributed by atoms with E-state index in [2.05, 4.69) is 10.2 Å². The van der Waals surface area contributed by atoms with Crippen LogP contribution in [0.3, 0.4) is 0 Å². The molecule has 96 valence electrons. The number of nitrogens with zero attached hydrogens (tertiary/aromatic N) is 4. The van der Waals surface area contributed by atoms with Gasteiger partial charge in [0, 0.05) is 13.2 Å². The Morgan fingerprint density at radius 2 is 2.28 bits per heavy atom. The summed E-state index contributed by atoms with van der Waals surface area (Å²) in [5, 5.41) is 8.91. The fourth-order valence-electron chi connectivity index (χ4n) is 1.79. The molecule has 0 radical (unpaired) electrons. The number of carbonyl (C=O) groups excluding carboxylic acids is 1. The molecule has 0 N–H and O–H groups in total. The van der Waals surface area contributed by atoms with E-state index < -0.39 is 0 Å². The topological polar surface area (TPSA) is 52.7 Å². The maximum atomic E-state index is 11.2. The van der Waals surface area contributed by atoms with Gasteiger partial charge in [0.2, 0.25) is 0 Å². The first-order chi connectivity index (χ1) is 8.60. The lowest BCUT2D eigenvalue weighted by Crippen LogP contribution is -2.06. The maximum absolute atomic E-state index is 11.2. The van der Waals surface area contributed by atoms with Crippen LogP contribution in [0.25, 0.3) is 11.4 Å². The number of aryl methyl sites for hydroxylation is 1. The van der Waals surface area contributed by atoms with E-state index in [1.165, 1.54) is 0 Å². The molecule has 18 heavy (non-hydrogen) atoms. The summed E-state index contributed by atoms with van der Waals surface area (Å²) < 4.78 is 3.36. The second kappa shape index (κ2) is 4.94. The van der Waals surface area contributed by atoms with Crippen LogP contribution in [-0.2, 0) is 7.05 Å². The van der Waals surface area contributed by atoms with Gasteiger partial charge in [-0.05, 0) is 19.4 Å². The molecule has 0 aliphatic heterocycles. The Morgan fingerprint density at radius 1 is 1.56 bits per heavy atom. The van der Waals surface area contributed by atoms with Crippen LogP contribution in [0.1, 0.15) is 36.7 Å². The molecule has 0 aliphatic rings. The van der Waals surface area contributed by atoms with Crippen molar-refractivity contribution < 1.29 is 4.79 Å². The normalized spacial score (nSPS) is 12.7. The predicted molar refractivity (Wildman–Crippen MR) is 69.8 cm³/mol. The summed E-state index contributed by atoms with van der Waals surface area (Å²) in [5.41, 5.74) is 1.77. The summed E-state index contributed by atoms with van der Waals surface area (Å²) in [6, 6.07) is 1.96. The number of carbonyl (C=O) groups is 1. The molecule has 2 aromatic heterocycles. The molecule has 0 saturated carbocycles. The van der Waals surface area contributed by atoms with Gasteiger partial charge in [0.15, 0.2) is 6.29 Å². The first-order valence-electron chi connectivity index (χ1n) is 5.81. The van der Waals surface area contributed by atoms with Crippen LogP contribution >= 0.6 is 11.6 Å². The number of halogens is 1. The Balaban J connectivity index is 2.62. The molecule has 5 nitrogen and oxygen atoms in total. The Kier molecular flexibility index (Phi) is 3.52. The fraction of sp³-hybridized carbons (Fsp3) is 0.417. The lowest BCUT2D eigenvalue weighted by molar-refractivity contribution is 0.112. The van der Waals surface area contributed by atoms with Crippen LogP contribution in [0.5, 0.6) is 0 Å². The van der Waals surface area contributed by atoms with Crippen molar-refractivity contribution in [3.8, 4) is 11.4 Å². The number of hydrogen-bond donors (Lipinski definition) is 0. The van der Waals surface area contributed by atoms with Gasteiger partial charge in [-0.3, -0.25) is 9.48 Å². The van der Waals surface area contributed by atoms with Gasteiger partial charge >= 0.3 is 0 Å². The molecule has 0 fully saturated rings. The smallest absolute Gasteiger partial charge is 0.155 e. The van der Waals surface area contributed by atoms with Crippen molar-refractivity contribution in [2.75, 3.05) is 0 Å². The van der Waals surface area contributed by atoms with E-state index in [-0.39, 0.29) is 6.04 Å². The minimum Gasteiger partial charge on any atom is -0.298 e. The van der Waals surface area contributed by atoms with Crippen molar-refractivity contribution >= 4 is 17.9 Å². The summed E-state index contributed by atoms with van der Waals surface area (Å²) in [4.78, 5) is 11.2. The van der Waals surface area contributed by atoms with Crippen molar-refractivity contribution in [3.63, 3.8) is 0 Å². The zero-order chi connectivity index (χ0) is 13.3. The summed E-state index contributed by atoms with van der Waals surface area (Å²) in [7, 11) is 1.81. The van der Waals surface area contributed by atoms with E-state index in [1.807, 2.05) is 19.9 Å². The molecule has 6 heteroatoms. The second-order valence-electron chi connectivity index (χ2n) is 4.21. The van der Waals surface area contributed by atoms with Crippen LogP contribution in [0, 0.1) is 0 Å². The first-order valence-corrected chi connectivity index (χ1v) is 6.19. The molecule has 0 bridgehead atoms. The zero-order valence-corrected chi connectivity index (χ0v) is 11.3. The van der Waals surface area contributed by atoms with Gasteiger partial charge in [0.05, 0.1) is 17.3 Å². The lowest BCUT2D eigenvalue weighted by atomic mass is 10.2. The number of aldehydes is 1. The van der Waals surface area contributed by atoms with E-state index in [9.17, 15) is 4.79 Å². The van der Waals surface area contributed by atoms with Crippen LogP contribution < -0.4 is 0 Å². The molecule has 0 spiro atoms. The van der Waals surface area contributed by atoms with E-state index >= 15 is 0 Å². The molecule has 2 aromatic rings. The summed E-state index contributed by atoms with van der Waals surface area (Å²) in [6.45, 7) is 4.06. The van der Waals surface area contributed by atoms with Gasteiger partial charge in [-0.15, -0.1) is 0 Å². The monoisotopic (exact) mass is 266 g/mol. The average Bonchev–Trinajstić information content (AvgIpc) is 2.91. The molecule has 1 unspecified atom stereocenters. The van der Waals surface area contributed by atoms with E-state index in [1.54, 1.807) is 22.6 Å². The van der Waals surface area contributed by atoms with Gasteiger partial charge in [-0.2, -0.15) is 10.2 Å². The highest BCUT2D eigenvalue weighted by Crippen LogP contribution is 2.29. The largest absolute Gasteiger partial charge is 0.298 e. The van der Waals surface area contributed by atoms with Crippen molar-refractivity contribution in [2.24, 2.45) is 7.05 Å². The van der Waals surface area contributed by atoms with Crippen LogP contribution in [-0.4, -0.2) is 25.8 Å². The molecule has 0 saturated heterocycles. The highest BCUT2D eigenvalue weighted by molar-refractivity contribution is 6.32. The quantitative estimate of drug-likeness (QED) is 0.800. The van der Waals surface area contributed by atoms with Gasteiger partial charge in [-0.1, -0.05) is 18.5 Å². The molecule has 1 atom stereocenters. The average molecular weight is 267 g/mol. The highest BCUT2D eigenvalue weighted by atomic mass is 35.5. The third-order valence-corrected chi connectivity index (χ3v) is 3.45. The van der Waals surface area contributed by atoms with Crippen molar-refractivity contribution in [3.05, 3.63) is 23.0 Å². The molecule has 0 aromatic carbocycles. The Hall–Kier alpha value is -1.62. The number of hydrogen-bond acceptors (Lipinski definition) is 3. The van der Waals surface area contributed by atoms with Crippen LogP contribution in [0.4, 0.5) is 0 Å². The van der Waals surface area contributed by atoms with Crippen LogP contribution in [0.2, 0.25) is 5.15 Å². The molecular formula is C12H15ClN4O. The van der Waals surface area contributed by atoms with Gasteiger partial charge in [-0.25, -0.2) is 4.68 Å². The van der Waals surface area contributed by atoms with Crippen molar-refractivity contribution in [1.82, 2.24) is 19.6 Å². The SMILES string of the molecule is CCC(C)n1nc(-c2ccnn2C)c(C=O)c1Cl. The third-order valence-electron chi connectivity index (χ3n) is 3.08. The Morgan fingerprint density at radius 3 is 2.78 bits per heavy atom. The second-order valence-corrected chi connectivity index (χ2v) is 4.57. The first kappa shape index (κ1) is 12.8. The minimum absolute atomic E-state index is 0.151. The summed E-state index contributed by atoms with van der Waals surface area (Å²) in [5.74, 6) is 0. The van der Waals surface area contributed by atoms with Crippen molar-refractivity contribution in [1.29, 1.82) is 0 Å². The molecule has 2 rings (SSSR count). The Labute approximate surface area is 110 Å². The Bertz CT molecular complexity index is 573.